The van der Waals surface area contributed by atoms with Gasteiger partial charge in [0.15, 0.2) is 0 Å². The van der Waals surface area contributed by atoms with Crippen molar-refractivity contribution in [1.82, 2.24) is 4.98 Å². The third-order valence-electron chi connectivity index (χ3n) is 3.43. The van der Waals surface area contributed by atoms with Gasteiger partial charge in [-0.05, 0) is 42.9 Å². The van der Waals surface area contributed by atoms with E-state index in [4.69, 9.17) is 0 Å². The van der Waals surface area contributed by atoms with E-state index in [0.29, 0.717) is 0 Å². The minimum atomic E-state index is 0.991. The van der Waals surface area contributed by atoms with Crippen molar-refractivity contribution in [3.05, 3.63) is 59.8 Å². The van der Waals surface area contributed by atoms with E-state index in [9.17, 15) is 0 Å². The summed E-state index contributed by atoms with van der Waals surface area (Å²) in [5.41, 5.74) is 2.74. The standard InChI is InChI=1S/C18H24N2/c1-2-3-14-19-18-13-12-17(15-20-18)11-7-10-16-8-5-4-6-9-16/h4-6,8-9,12-13,15H,2-3,7,10-11,14H2,1H3,(H,19,20). The van der Waals surface area contributed by atoms with Crippen LogP contribution in [-0.2, 0) is 12.8 Å². The fraction of sp³-hybridized carbons (Fsp3) is 0.389. The molecule has 0 aliphatic rings. The van der Waals surface area contributed by atoms with Crippen LogP contribution in [0.5, 0.6) is 0 Å². The first-order valence-corrected chi connectivity index (χ1v) is 7.61. The van der Waals surface area contributed by atoms with Crippen LogP contribution in [0.25, 0.3) is 0 Å². The van der Waals surface area contributed by atoms with Crippen LogP contribution in [0.15, 0.2) is 48.7 Å². The van der Waals surface area contributed by atoms with Gasteiger partial charge in [-0.2, -0.15) is 0 Å². The van der Waals surface area contributed by atoms with E-state index in [1.54, 1.807) is 0 Å². The smallest absolute Gasteiger partial charge is 0.125 e. The van der Waals surface area contributed by atoms with Crippen LogP contribution >= 0.6 is 0 Å². The quantitative estimate of drug-likeness (QED) is 0.715. The minimum Gasteiger partial charge on any atom is -0.370 e. The molecule has 2 nitrogen and oxygen atoms in total. The van der Waals surface area contributed by atoms with Crippen LogP contribution in [0.3, 0.4) is 0 Å². The van der Waals surface area contributed by atoms with Gasteiger partial charge in [0.2, 0.25) is 0 Å². The van der Waals surface area contributed by atoms with Crippen molar-refractivity contribution in [3.8, 4) is 0 Å². The fourth-order valence-electron chi connectivity index (χ4n) is 2.21. The first-order valence-electron chi connectivity index (χ1n) is 7.61. The Labute approximate surface area is 122 Å². The van der Waals surface area contributed by atoms with Gasteiger partial charge in [-0.3, -0.25) is 0 Å². The second-order valence-electron chi connectivity index (χ2n) is 5.17. The molecule has 0 aliphatic carbocycles. The number of nitrogens with one attached hydrogen (secondary N) is 1. The third kappa shape index (κ3) is 5.04. The summed E-state index contributed by atoms with van der Waals surface area (Å²) in [6.07, 6.45) is 7.81. The largest absolute Gasteiger partial charge is 0.370 e. The number of aromatic nitrogens is 1. The zero-order valence-corrected chi connectivity index (χ0v) is 12.3. The maximum absolute atomic E-state index is 4.47. The van der Waals surface area contributed by atoms with Gasteiger partial charge in [-0.25, -0.2) is 4.98 Å². The topological polar surface area (TPSA) is 24.9 Å². The molecule has 106 valence electrons. The van der Waals surface area contributed by atoms with Gasteiger partial charge < -0.3 is 5.32 Å². The highest BCUT2D eigenvalue weighted by atomic mass is 15.0. The highest BCUT2D eigenvalue weighted by Crippen LogP contribution is 2.10. The second kappa shape index (κ2) is 8.36. The molecule has 2 rings (SSSR count). The number of nitrogens with zero attached hydrogens (tertiary/aromatic N) is 1. The Kier molecular flexibility index (Phi) is 6.09. The fourth-order valence-corrected chi connectivity index (χ4v) is 2.21. The predicted octanol–water partition coefficient (Wildman–Crippen LogP) is 4.47. The molecule has 0 saturated carbocycles. The Morgan fingerprint density at radius 3 is 2.40 bits per heavy atom. The van der Waals surface area contributed by atoms with Crippen LogP contribution < -0.4 is 5.32 Å². The second-order valence-corrected chi connectivity index (χ2v) is 5.17. The van der Waals surface area contributed by atoms with Crippen molar-refractivity contribution in [3.63, 3.8) is 0 Å². The van der Waals surface area contributed by atoms with Crippen molar-refractivity contribution >= 4 is 5.82 Å². The van der Waals surface area contributed by atoms with E-state index >= 15 is 0 Å². The Hall–Kier alpha value is -1.83. The van der Waals surface area contributed by atoms with E-state index in [2.05, 4.69) is 59.7 Å². The number of pyridine rings is 1. The molecule has 1 heterocycles. The molecule has 0 bridgehead atoms. The number of unbranched alkanes of at least 4 members (excludes halogenated alkanes) is 1. The normalized spacial score (nSPS) is 10.4. The number of hydrogen-bond acceptors (Lipinski definition) is 2. The Morgan fingerprint density at radius 1 is 0.900 bits per heavy atom. The lowest BCUT2D eigenvalue weighted by atomic mass is 10.1. The molecular formula is C18H24N2. The Morgan fingerprint density at radius 2 is 1.70 bits per heavy atom. The molecular weight excluding hydrogens is 244 g/mol. The molecule has 0 amide bonds. The summed E-state index contributed by atoms with van der Waals surface area (Å²) in [5, 5.41) is 3.34. The molecule has 0 spiro atoms. The molecule has 0 unspecified atom stereocenters. The van der Waals surface area contributed by atoms with Gasteiger partial charge in [-0.1, -0.05) is 49.7 Å². The van der Waals surface area contributed by atoms with E-state index < -0.39 is 0 Å². The third-order valence-corrected chi connectivity index (χ3v) is 3.43. The molecule has 1 aromatic heterocycles. The van der Waals surface area contributed by atoms with E-state index in [-0.39, 0.29) is 0 Å². The average Bonchev–Trinajstić information content (AvgIpc) is 2.50. The molecule has 0 saturated heterocycles. The van der Waals surface area contributed by atoms with Gasteiger partial charge in [0.05, 0.1) is 0 Å². The molecule has 0 radical (unpaired) electrons. The lowest BCUT2D eigenvalue weighted by Gasteiger charge is -2.06. The number of rotatable bonds is 8. The maximum Gasteiger partial charge on any atom is 0.125 e. The predicted molar refractivity (Wildman–Crippen MR) is 86.1 cm³/mol. The van der Waals surface area contributed by atoms with Crippen LogP contribution in [0, 0.1) is 0 Å². The zero-order chi connectivity index (χ0) is 14.0. The Balaban J connectivity index is 1.73. The summed E-state index contributed by atoms with van der Waals surface area (Å²) in [5.74, 6) is 0.991. The van der Waals surface area contributed by atoms with Crippen molar-refractivity contribution < 1.29 is 0 Å². The zero-order valence-electron chi connectivity index (χ0n) is 12.3. The van der Waals surface area contributed by atoms with Crippen molar-refractivity contribution in [2.24, 2.45) is 0 Å². The van der Waals surface area contributed by atoms with E-state index in [0.717, 1.165) is 25.2 Å². The van der Waals surface area contributed by atoms with Crippen molar-refractivity contribution in [2.45, 2.75) is 39.0 Å². The van der Waals surface area contributed by atoms with Gasteiger partial charge in [0.1, 0.15) is 5.82 Å². The maximum atomic E-state index is 4.47. The summed E-state index contributed by atoms with van der Waals surface area (Å²) in [7, 11) is 0. The lowest BCUT2D eigenvalue weighted by molar-refractivity contribution is 0.814. The lowest BCUT2D eigenvalue weighted by Crippen LogP contribution is -2.02. The van der Waals surface area contributed by atoms with Gasteiger partial charge >= 0.3 is 0 Å². The summed E-state index contributed by atoms with van der Waals surface area (Å²) >= 11 is 0. The highest BCUT2D eigenvalue weighted by Gasteiger charge is 1.97. The number of anilines is 1. The highest BCUT2D eigenvalue weighted by molar-refractivity contribution is 5.35. The van der Waals surface area contributed by atoms with Crippen LogP contribution in [0.4, 0.5) is 5.82 Å². The number of hydrogen-bond donors (Lipinski definition) is 1. The first kappa shape index (κ1) is 14.6. The molecule has 0 fully saturated rings. The molecule has 1 N–H and O–H groups in total. The van der Waals surface area contributed by atoms with E-state index in [1.165, 1.54) is 30.4 Å². The number of aryl methyl sites for hydroxylation is 2. The SMILES string of the molecule is CCCCNc1ccc(CCCc2ccccc2)cn1. The minimum absolute atomic E-state index is 0.991. The van der Waals surface area contributed by atoms with Gasteiger partial charge in [-0.15, -0.1) is 0 Å². The summed E-state index contributed by atoms with van der Waals surface area (Å²) in [4.78, 5) is 4.47. The summed E-state index contributed by atoms with van der Waals surface area (Å²) < 4.78 is 0. The van der Waals surface area contributed by atoms with Gasteiger partial charge in [0.25, 0.3) is 0 Å². The van der Waals surface area contributed by atoms with Gasteiger partial charge in [0, 0.05) is 12.7 Å². The molecule has 20 heavy (non-hydrogen) atoms. The van der Waals surface area contributed by atoms with Crippen molar-refractivity contribution in [2.75, 3.05) is 11.9 Å². The Bertz CT molecular complexity index is 477. The van der Waals surface area contributed by atoms with Crippen LogP contribution in [0.1, 0.15) is 37.3 Å². The first-order chi connectivity index (χ1) is 9.88. The molecule has 0 aliphatic heterocycles. The van der Waals surface area contributed by atoms with Crippen LogP contribution in [-0.4, -0.2) is 11.5 Å². The summed E-state index contributed by atoms with van der Waals surface area (Å²) in [6, 6.07) is 14.9. The molecule has 2 aromatic rings. The van der Waals surface area contributed by atoms with E-state index in [1.807, 2.05) is 6.20 Å². The molecule has 0 atom stereocenters. The number of benzene rings is 1. The van der Waals surface area contributed by atoms with Crippen molar-refractivity contribution in [1.29, 1.82) is 0 Å². The molecule has 1 aromatic carbocycles. The monoisotopic (exact) mass is 268 g/mol. The average molecular weight is 268 g/mol. The summed E-state index contributed by atoms with van der Waals surface area (Å²) in [6.45, 7) is 3.21. The molecule has 2 heteroatoms. The van der Waals surface area contributed by atoms with Crippen LogP contribution in [0.2, 0.25) is 0 Å².